The molecule has 0 heterocycles. The Morgan fingerprint density at radius 3 is 2.87 bits per heavy atom. The monoisotopic (exact) mass is 222 g/mol. The van der Waals surface area contributed by atoms with Crippen LogP contribution in [-0.4, -0.2) is 10.9 Å². The molecule has 1 nitrogen and oxygen atoms in total. The molecule has 0 fully saturated rings. The van der Waals surface area contributed by atoms with E-state index in [4.69, 9.17) is 0 Å². The Labute approximate surface area is 93.1 Å². The highest BCUT2D eigenvalue weighted by atomic mass is 32.2. The van der Waals surface area contributed by atoms with Gasteiger partial charge in [0.05, 0.1) is 5.56 Å². The lowest BCUT2D eigenvalue weighted by Gasteiger charge is -1.91. The largest absolute Gasteiger partial charge is 0.288 e. The van der Waals surface area contributed by atoms with Crippen LogP contribution < -0.4 is 0 Å². The number of benzene rings is 1. The first-order chi connectivity index (χ1) is 7.20. The topological polar surface area (TPSA) is 17.1 Å². The Hall–Kier alpha value is -1.27. The highest BCUT2D eigenvalue weighted by Crippen LogP contribution is 2.05. The van der Waals surface area contributed by atoms with E-state index in [1.165, 1.54) is 24.8 Å². The van der Waals surface area contributed by atoms with Crippen LogP contribution in [-0.2, 0) is 4.79 Å². The number of hydrogen-bond acceptors (Lipinski definition) is 2. The van der Waals surface area contributed by atoms with Crippen LogP contribution in [0.3, 0.4) is 0 Å². The van der Waals surface area contributed by atoms with Crippen molar-refractivity contribution in [1.82, 2.24) is 0 Å². The molecule has 1 aromatic rings. The van der Waals surface area contributed by atoms with E-state index in [0.717, 1.165) is 0 Å². The summed E-state index contributed by atoms with van der Waals surface area (Å²) in [6, 6.07) is 6.40. The summed E-state index contributed by atoms with van der Waals surface area (Å²) < 4.78 is 13.1. The maximum atomic E-state index is 13.1. The molecule has 0 aliphatic carbocycles. The molecule has 15 heavy (non-hydrogen) atoms. The van der Waals surface area contributed by atoms with Crippen molar-refractivity contribution in [3.8, 4) is 11.8 Å². The van der Waals surface area contributed by atoms with Crippen molar-refractivity contribution in [1.29, 1.82) is 0 Å². The van der Waals surface area contributed by atoms with Gasteiger partial charge in [-0.25, -0.2) is 4.39 Å². The van der Waals surface area contributed by atoms with E-state index in [-0.39, 0.29) is 10.9 Å². The molecule has 0 saturated heterocycles. The fourth-order valence-electron chi connectivity index (χ4n) is 0.966. The van der Waals surface area contributed by atoms with Crippen molar-refractivity contribution in [3.05, 3.63) is 35.6 Å². The Kier molecular flexibility index (Phi) is 4.92. The molecule has 0 saturated carbocycles. The van der Waals surface area contributed by atoms with Gasteiger partial charge < -0.3 is 0 Å². The number of hydrogen-bond donors (Lipinski definition) is 0. The van der Waals surface area contributed by atoms with Gasteiger partial charge in [-0.1, -0.05) is 35.7 Å². The number of rotatable bonds is 2. The average Bonchev–Trinajstić information content (AvgIpc) is 2.20. The summed E-state index contributed by atoms with van der Waals surface area (Å²) in [7, 11) is 0. The molecule has 0 aromatic heterocycles. The maximum Gasteiger partial charge on any atom is 0.185 e. The van der Waals surface area contributed by atoms with E-state index in [1.807, 2.05) is 0 Å². The van der Waals surface area contributed by atoms with Crippen LogP contribution in [0.15, 0.2) is 24.3 Å². The second-order valence-corrected chi connectivity index (χ2v) is 4.14. The third-order valence-electron chi connectivity index (χ3n) is 1.63. The van der Waals surface area contributed by atoms with Crippen LogP contribution in [0, 0.1) is 17.7 Å². The minimum Gasteiger partial charge on any atom is -0.288 e. The molecule has 3 heteroatoms. The molecular formula is C12H11FOS. The molecule has 0 unspecified atom stereocenters. The van der Waals surface area contributed by atoms with Gasteiger partial charge in [-0.2, -0.15) is 0 Å². The summed E-state index contributed by atoms with van der Waals surface area (Å²) in [5, 5.41) is 0.0858. The van der Waals surface area contributed by atoms with Crippen molar-refractivity contribution in [2.24, 2.45) is 0 Å². The zero-order chi connectivity index (χ0) is 11.1. The second kappa shape index (κ2) is 6.26. The second-order valence-electron chi connectivity index (χ2n) is 2.87. The van der Waals surface area contributed by atoms with Crippen molar-refractivity contribution >= 4 is 16.9 Å². The molecule has 0 amide bonds. The molecule has 1 aromatic carbocycles. The number of thioether (sulfide) groups is 1. The maximum absolute atomic E-state index is 13.1. The van der Waals surface area contributed by atoms with Crippen molar-refractivity contribution in [3.63, 3.8) is 0 Å². The van der Waals surface area contributed by atoms with Gasteiger partial charge in [0.25, 0.3) is 0 Å². The minimum absolute atomic E-state index is 0.0858. The van der Waals surface area contributed by atoms with E-state index in [2.05, 4.69) is 11.8 Å². The van der Waals surface area contributed by atoms with Crippen LogP contribution in [0.25, 0.3) is 0 Å². The smallest absolute Gasteiger partial charge is 0.185 e. The van der Waals surface area contributed by atoms with Crippen LogP contribution in [0.1, 0.15) is 18.9 Å². The van der Waals surface area contributed by atoms with Gasteiger partial charge in [-0.3, -0.25) is 4.79 Å². The molecule has 1 rings (SSSR count). The SMILES string of the molecule is CC(=O)SCCC#Cc1ccccc1F. The lowest BCUT2D eigenvalue weighted by atomic mass is 10.2. The van der Waals surface area contributed by atoms with Gasteiger partial charge in [-0.05, 0) is 12.1 Å². The number of carbonyl (C=O) groups is 1. The van der Waals surface area contributed by atoms with Crippen LogP contribution >= 0.6 is 11.8 Å². The molecule has 0 N–H and O–H groups in total. The van der Waals surface area contributed by atoms with E-state index < -0.39 is 0 Å². The van der Waals surface area contributed by atoms with E-state index >= 15 is 0 Å². The summed E-state index contributed by atoms with van der Waals surface area (Å²) in [5.41, 5.74) is 0.408. The number of carbonyl (C=O) groups excluding carboxylic acids is 1. The first-order valence-corrected chi connectivity index (χ1v) is 5.55. The summed E-state index contributed by atoms with van der Waals surface area (Å²) in [5.74, 6) is 5.93. The zero-order valence-electron chi connectivity index (χ0n) is 8.42. The third-order valence-corrected chi connectivity index (χ3v) is 2.44. The van der Waals surface area contributed by atoms with Gasteiger partial charge in [-0.15, -0.1) is 0 Å². The van der Waals surface area contributed by atoms with Gasteiger partial charge in [0.1, 0.15) is 5.82 Å². The Bertz CT molecular complexity index is 404. The zero-order valence-corrected chi connectivity index (χ0v) is 9.23. The normalized spacial score (nSPS) is 9.20. The molecule has 0 atom stereocenters. The fourth-order valence-corrected chi connectivity index (χ4v) is 1.46. The minimum atomic E-state index is -0.302. The van der Waals surface area contributed by atoms with Crippen molar-refractivity contribution in [2.45, 2.75) is 13.3 Å². The Balaban J connectivity index is 2.45. The Morgan fingerprint density at radius 2 is 2.20 bits per heavy atom. The molecule has 0 radical (unpaired) electrons. The highest BCUT2D eigenvalue weighted by Gasteiger charge is 1.94. The lowest BCUT2D eigenvalue weighted by molar-refractivity contribution is -0.109. The first-order valence-electron chi connectivity index (χ1n) is 4.57. The van der Waals surface area contributed by atoms with Crippen molar-refractivity contribution in [2.75, 3.05) is 5.75 Å². The predicted molar refractivity (Wildman–Crippen MR) is 61.0 cm³/mol. The quantitative estimate of drug-likeness (QED) is 0.565. The summed E-state index contributed by atoms with van der Waals surface area (Å²) in [6.07, 6.45) is 0.596. The van der Waals surface area contributed by atoms with Crippen LogP contribution in [0.4, 0.5) is 4.39 Å². The predicted octanol–water partition coefficient (Wildman–Crippen LogP) is 2.85. The Morgan fingerprint density at radius 1 is 1.47 bits per heavy atom. The molecule has 78 valence electrons. The van der Waals surface area contributed by atoms with E-state index in [9.17, 15) is 9.18 Å². The third kappa shape index (κ3) is 4.66. The van der Waals surface area contributed by atoms with Crippen LogP contribution in [0.5, 0.6) is 0 Å². The number of halogens is 1. The molecule has 0 spiro atoms. The van der Waals surface area contributed by atoms with Gasteiger partial charge in [0.15, 0.2) is 5.12 Å². The molecule has 0 aliphatic heterocycles. The van der Waals surface area contributed by atoms with Crippen molar-refractivity contribution < 1.29 is 9.18 Å². The summed E-state index contributed by atoms with van der Waals surface area (Å²) >= 11 is 1.24. The highest BCUT2D eigenvalue weighted by molar-refractivity contribution is 8.13. The average molecular weight is 222 g/mol. The lowest BCUT2D eigenvalue weighted by Crippen LogP contribution is -1.85. The summed E-state index contributed by atoms with van der Waals surface area (Å²) in [6.45, 7) is 1.52. The summed E-state index contributed by atoms with van der Waals surface area (Å²) in [4.78, 5) is 10.6. The van der Waals surface area contributed by atoms with E-state index in [0.29, 0.717) is 17.7 Å². The fraction of sp³-hybridized carbons (Fsp3) is 0.250. The van der Waals surface area contributed by atoms with E-state index in [1.54, 1.807) is 18.2 Å². The molecule has 0 aliphatic rings. The van der Waals surface area contributed by atoms with Gasteiger partial charge in [0.2, 0.25) is 0 Å². The van der Waals surface area contributed by atoms with Crippen LogP contribution in [0.2, 0.25) is 0 Å². The first kappa shape index (κ1) is 11.8. The van der Waals surface area contributed by atoms with Gasteiger partial charge in [0, 0.05) is 19.1 Å². The van der Waals surface area contributed by atoms with Gasteiger partial charge >= 0.3 is 0 Å². The standard InChI is InChI=1S/C12H11FOS/c1-10(14)15-9-5-4-7-11-6-2-3-8-12(11)13/h2-3,6,8H,5,9H2,1H3. The molecule has 0 bridgehead atoms. The molecular weight excluding hydrogens is 211 g/mol.